The van der Waals surface area contributed by atoms with Gasteiger partial charge in [-0.3, -0.25) is 8.74 Å². The summed E-state index contributed by atoms with van der Waals surface area (Å²) in [6.45, 7) is 3.30. The molecule has 0 aromatic heterocycles. The predicted molar refractivity (Wildman–Crippen MR) is 107 cm³/mol. The number of likely N-dealkylation sites (tertiary alicyclic amines) is 1. The highest BCUT2D eigenvalue weighted by atomic mass is 32.2. The van der Waals surface area contributed by atoms with Gasteiger partial charge in [-0.15, -0.1) is 0 Å². The average Bonchev–Trinajstić information content (AvgIpc) is 2.72. The maximum Gasteiger partial charge on any atom is 0.410 e. The minimum Gasteiger partial charge on any atom is -0.445 e. The van der Waals surface area contributed by atoms with E-state index < -0.39 is 17.5 Å². The largest absolute Gasteiger partial charge is 0.445 e. The Balaban J connectivity index is 1.56. The minimum atomic E-state index is -2.35. The van der Waals surface area contributed by atoms with Gasteiger partial charge in [0.2, 0.25) is 0 Å². The fourth-order valence-electron chi connectivity index (χ4n) is 3.45. The Kier molecular flexibility index (Phi) is 7.19. The molecule has 0 radical (unpaired) electrons. The van der Waals surface area contributed by atoms with E-state index in [2.05, 4.69) is 0 Å². The molecule has 6 nitrogen and oxygen atoms in total. The molecule has 0 aliphatic carbocycles. The molecule has 1 heterocycles. The summed E-state index contributed by atoms with van der Waals surface area (Å²) in [5.41, 5.74) is 2.94. The molecule has 28 heavy (non-hydrogen) atoms. The number of rotatable bonds is 6. The first-order valence-electron chi connectivity index (χ1n) is 9.33. The van der Waals surface area contributed by atoms with Crippen molar-refractivity contribution < 1.29 is 22.5 Å². The number of piperidine rings is 1. The van der Waals surface area contributed by atoms with Crippen LogP contribution in [0.2, 0.25) is 0 Å². The molecule has 0 spiro atoms. The molecule has 0 saturated carbocycles. The number of ether oxygens (including phenoxy) is 1. The average molecular weight is 404 g/mol. The maximum absolute atomic E-state index is 12.3. The van der Waals surface area contributed by atoms with Gasteiger partial charge in [0, 0.05) is 13.1 Å². The number of carbonyl (C=O) groups is 1. The number of carbonyl (C=O) groups excluding carboxylic acids is 1. The Bertz CT molecular complexity index is 788. The summed E-state index contributed by atoms with van der Waals surface area (Å²) < 4.78 is 31.2. The van der Waals surface area contributed by atoms with Crippen molar-refractivity contribution in [1.82, 2.24) is 4.90 Å². The lowest BCUT2D eigenvalue weighted by Crippen LogP contribution is -2.40. The van der Waals surface area contributed by atoms with Crippen molar-refractivity contribution in [3.8, 4) is 0 Å². The SMILES string of the molecule is Cc1ccc(C(OS(=O)O)C2CCN(C(=O)OCc3ccccc3)CC2)cc1. The van der Waals surface area contributed by atoms with Crippen LogP contribution in [0.4, 0.5) is 4.79 Å². The molecule has 7 heteroatoms. The zero-order valence-electron chi connectivity index (χ0n) is 15.8. The Labute approximate surface area is 168 Å². The molecular weight excluding hydrogens is 378 g/mol. The second-order valence-corrected chi connectivity index (χ2v) is 7.64. The topological polar surface area (TPSA) is 76.1 Å². The molecule has 2 aromatic rings. The van der Waals surface area contributed by atoms with Crippen LogP contribution in [-0.2, 0) is 26.9 Å². The number of aryl methyl sites for hydroxylation is 1. The molecule has 0 bridgehead atoms. The van der Waals surface area contributed by atoms with E-state index in [1.807, 2.05) is 61.5 Å². The van der Waals surface area contributed by atoms with Gasteiger partial charge in [-0.25, -0.2) is 4.79 Å². The fourth-order valence-corrected chi connectivity index (χ4v) is 3.89. The normalized spacial score (nSPS) is 17.1. The summed E-state index contributed by atoms with van der Waals surface area (Å²) in [7, 11) is 0. The van der Waals surface area contributed by atoms with Crippen molar-refractivity contribution in [2.75, 3.05) is 13.1 Å². The van der Waals surface area contributed by atoms with Crippen molar-refractivity contribution in [2.45, 2.75) is 32.5 Å². The van der Waals surface area contributed by atoms with Gasteiger partial charge in [-0.1, -0.05) is 60.2 Å². The first kappa shape index (κ1) is 20.5. The number of benzene rings is 2. The van der Waals surface area contributed by atoms with Crippen molar-refractivity contribution in [3.05, 3.63) is 71.3 Å². The van der Waals surface area contributed by atoms with Crippen molar-refractivity contribution >= 4 is 17.5 Å². The number of amides is 1. The van der Waals surface area contributed by atoms with E-state index >= 15 is 0 Å². The van der Waals surface area contributed by atoms with E-state index in [0.717, 1.165) is 16.7 Å². The number of hydrogen-bond acceptors (Lipinski definition) is 4. The highest BCUT2D eigenvalue weighted by Crippen LogP contribution is 2.34. The summed E-state index contributed by atoms with van der Waals surface area (Å²) >= 11 is -2.35. The molecular formula is C21H25NO5S. The standard InChI is InChI=1S/C21H25NO5S/c1-16-7-9-18(10-8-16)20(27-28(24)25)19-11-13-22(14-12-19)21(23)26-15-17-5-3-2-4-6-17/h2-10,19-20H,11-15H2,1H3,(H,24,25). The quantitative estimate of drug-likeness (QED) is 0.730. The summed E-state index contributed by atoms with van der Waals surface area (Å²) in [5.74, 6) is 0.0528. The number of nitrogens with zero attached hydrogens (tertiary/aromatic N) is 1. The third kappa shape index (κ3) is 5.64. The molecule has 2 aromatic carbocycles. The van der Waals surface area contributed by atoms with Gasteiger partial charge < -0.3 is 9.64 Å². The van der Waals surface area contributed by atoms with Crippen LogP contribution in [0.15, 0.2) is 54.6 Å². The third-order valence-corrected chi connectivity index (χ3v) is 5.39. The van der Waals surface area contributed by atoms with Crippen LogP contribution in [0.3, 0.4) is 0 Å². The van der Waals surface area contributed by atoms with Crippen LogP contribution in [0.1, 0.15) is 35.6 Å². The summed E-state index contributed by atoms with van der Waals surface area (Å²) in [5, 5.41) is 0. The van der Waals surface area contributed by atoms with Gasteiger partial charge in [0.25, 0.3) is 0 Å². The van der Waals surface area contributed by atoms with E-state index in [0.29, 0.717) is 25.9 Å². The first-order valence-corrected chi connectivity index (χ1v) is 10.4. The second-order valence-electron chi connectivity index (χ2n) is 7.01. The van der Waals surface area contributed by atoms with Gasteiger partial charge in [-0.2, -0.15) is 4.21 Å². The van der Waals surface area contributed by atoms with Crippen LogP contribution >= 0.6 is 0 Å². The molecule has 2 atom stereocenters. The van der Waals surface area contributed by atoms with Gasteiger partial charge in [0.15, 0.2) is 0 Å². The van der Waals surface area contributed by atoms with Gasteiger partial charge in [-0.05, 0) is 36.8 Å². The molecule has 1 saturated heterocycles. The molecule has 3 rings (SSSR count). The van der Waals surface area contributed by atoms with Gasteiger partial charge >= 0.3 is 17.5 Å². The highest BCUT2D eigenvalue weighted by Gasteiger charge is 2.32. The smallest absolute Gasteiger partial charge is 0.410 e. The van der Waals surface area contributed by atoms with Crippen LogP contribution in [0.25, 0.3) is 0 Å². The second kappa shape index (κ2) is 9.82. The molecule has 2 unspecified atom stereocenters. The Hall–Kier alpha value is -2.22. The lowest BCUT2D eigenvalue weighted by atomic mass is 9.87. The van der Waals surface area contributed by atoms with Crippen molar-refractivity contribution in [1.29, 1.82) is 0 Å². The van der Waals surface area contributed by atoms with Crippen LogP contribution in [0.5, 0.6) is 0 Å². The van der Waals surface area contributed by atoms with E-state index in [4.69, 9.17) is 8.92 Å². The summed E-state index contributed by atoms with van der Waals surface area (Å²) in [6, 6.07) is 17.3. The van der Waals surface area contributed by atoms with Gasteiger partial charge in [0.05, 0.1) is 0 Å². The molecule has 1 aliphatic heterocycles. The van der Waals surface area contributed by atoms with Crippen molar-refractivity contribution in [3.63, 3.8) is 0 Å². The fraction of sp³-hybridized carbons (Fsp3) is 0.381. The zero-order chi connectivity index (χ0) is 19.9. The lowest BCUT2D eigenvalue weighted by Gasteiger charge is -2.34. The molecule has 1 N–H and O–H groups in total. The monoisotopic (exact) mass is 403 g/mol. The molecule has 1 fully saturated rings. The third-order valence-electron chi connectivity index (χ3n) is 5.02. The first-order chi connectivity index (χ1) is 13.5. The van der Waals surface area contributed by atoms with Crippen LogP contribution in [0, 0.1) is 12.8 Å². The van der Waals surface area contributed by atoms with Crippen LogP contribution in [-0.4, -0.2) is 32.8 Å². The minimum absolute atomic E-state index is 0.0528. The van der Waals surface area contributed by atoms with E-state index in [9.17, 15) is 13.6 Å². The predicted octanol–water partition coefficient (Wildman–Crippen LogP) is 4.24. The Morgan fingerprint density at radius 2 is 1.79 bits per heavy atom. The zero-order valence-corrected chi connectivity index (χ0v) is 16.6. The lowest BCUT2D eigenvalue weighted by molar-refractivity contribution is 0.0563. The molecule has 150 valence electrons. The summed E-state index contributed by atoms with van der Waals surface area (Å²) in [4.78, 5) is 14.0. The Morgan fingerprint density at radius 1 is 1.14 bits per heavy atom. The van der Waals surface area contributed by atoms with Crippen LogP contribution < -0.4 is 0 Å². The molecule has 1 amide bonds. The van der Waals surface area contributed by atoms with E-state index in [-0.39, 0.29) is 18.6 Å². The van der Waals surface area contributed by atoms with E-state index in [1.165, 1.54) is 0 Å². The maximum atomic E-state index is 12.3. The Morgan fingerprint density at radius 3 is 2.39 bits per heavy atom. The van der Waals surface area contributed by atoms with Gasteiger partial charge in [0.1, 0.15) is 12.7 Å². The molecule has 1 aliphatic rings. The highest BCUT2D eigenvalue weighted by molar-refractivity contribution is 7.74. The number of hydrogen-bond donors (Lipinski definition) is 1. The van der Waals surface area contributed by atoms with E-state index in [1.54, 1.807) is 4.90 Å². The summed E-state index contributed by atoms with van der Waals surface area (Å²) in [6.07, 6.45) is 0.543. The van der Waals surface area contributed by atoms with Crippen molar-refractivity contribution in [2.24, 2.45) is 5.92 Å².